The highest BCUT2D eigenvalue weighted by molar-refractivity contribution is 5.55. The van der Waals surface area contributed by atoms with Gasteiger partial charge in [-0.15, -0.1) is 0 Å². The summed E-state index contributed by atoms with van der Waals surface area (Å²) in [5, 5.41) is 63.5. The summed E-state index contributed by atoms with van der Waals surface area (Å²) >= 11 is 0. The van der Waals surface area contributed by atoms with Gasteiger partial charge in [0.25, 0.3) is 0 Å². The predicted molar refractivity (Wildman–Crippen MR) is 311 cm³/mol. The average molecular weight is 1040 g/mol. The first-order valence-electron chi connectivity index (χ1n) is 29.4. The molecule has 6 fully saturated rings. The minimum Gasteiger partial charge on any atom is -0.508 e. The van der Waals surface area contributed by atoms with Crippen LogP contribution in [-0.4, -0.2) is 30.6 Å². The molecule has 6 nitrogen and oxygen atoms in total. The van der Waals surface area contributed by atoms with Crippen LogP contribution in [0.2, 0.25) is 0 Å². The van der Waals surface area contributed by atoms with Gasteiger partial charge in [0, 0.05) is 21.8 Å². The second-order valence-electron chi connectivity index (χ2n) is 27.7. The maximum absolute atomic E-state index is 12.6. The third-order valence-electron chi connectivity index (χ3n) is 22.1. The van der Waals surface area contributed by atoms with Crippen molar-refractivity contribution in [3.63, 3.8) is 0 Å². The van der Waals surface area contributed by atoms with Gasteiger partial charge in [0.15, 0.2) is 0 Å². The lowest BCUT2D eigenvalue weighted by Crippen LogP contribution is -2.38. The number of phenols is 6. The highest BCUT2D eigenvalue weighted by Gasteiger charge is 2.60. The summed E-state index contributed by atoms with van der Waals surface area (Å²) < 4.78 is 0. The molecule has 6 aromatic carbocycles. The van der Waals surface area contributed by atoms with Crippen molar-refractivity contribution in [1.29, 1.82) is 0 Å². The van der Waals surface area contributed by atoms with Crippen LogP contribution in [0.5, 0.6) is 34.5 Å². The van der Waals surface area contributed by atoms with Gasteiger partial charge in [-0.05, 0) is 233 Å². The first-order chi connectivity index (χ1) is 36.4. The lowest BCUT2D eigenvalue weighted by atomic mass is 9.61. The minimum absolute atomic E-state index is 0.176. The van der Waals surface area contributed by atoms with Crippen LogP contribution in [0.4, 0.5) is 0 Å². The number of aromatic hydroxyl groups is 6. The Balaban J connectivity index is 0.000000266. The van der Waals surface area contributed by atoms with E-state index in [4.69, 9.17) is 0 Å². The third-order valence-corrected chi connectivity index (χ3v) is 22.1. The monoisotopic (exact) mass is 1030 g/mol. The minimum atomic E-state index is -0.291. The molecular weight excluding hydrogens is 949 g/mol. The number of hydrogen-bond acceptors (Lipinski definition) is 6. The first-order valence-corrected chi connectivity index (χ1v) is 29.4. The molecule has 10 atom stereocenters. The SMILES string of the molecule is CC(C)(c1ccc(O)cc1)c1ccc(O)c(C2CC3C4CC(C3C2)C(C(C)(C)c2cc(C(C)(C)c3ccc(O)cc3)cc(C3CC5C6CCC(C6)C5C3)c2O)C4)c1.CC(C)c1cc(C(C)(C)c2ccc(O)cc2)ccc1O. The number of phenolic OH excluding ortho intramolecular Hbond substituents is 6. The molecule has 12 rings (SSSR count). The average Bonchev–Trinajstić information content (AvgIpc) is 4.27. The van der Waals surface area contributed by atoms with Gasteiger partial charge in [-0.1, -0.05) is 142 Å². The normalized spacial score (nSPS) is 27.4. The van der Waals surface area contributed by atoms with E-state index in [9.17, 15) is 30.6 Å². The maximum Gasteiger partial charge on any atom is 0.122 e. The lowest BCUT2D eigenvalue weighted by Gasteiger charge is -2.43. The van der Waals surface area contributed by atoms with E-state index in [1.165, 1.54) is 67.2 Å². The second kappa shape index (κ2) is 19.5. The van der Waals surface area contributed by atoms with Gasteiger partial charge >= 0.3 is 0 Å². The predicted octanol–water partition coefficient (Wildman–Crippen LogP) is 17.0. The van der Waals surface area contributed by atoms with Crippen LogP contribution in [0, 0.1) is 53.3 Å². The fraction of sp³-hybridized carbons (Fsp3) is 0.493. The lowest BCUT2D eigenvalue weighted by molar-refractivity contribution is 0.128. The molecule has 0 saturated heterocycles. The molecule has 77 heavy (non-hydrogen) atoms. The van der Waals surface area contributed by atoms with Crippen LogP contribution >= 0.6 is 0 Å². The standard InChI is InChI=1S/C53H64O4.C18H22O2/c1-51(2,34-9-14-38(54)15-10-34)36-13-18-49(56)43(26-36)31-20-42-33-24-46(45(42)23-31)47(25-33)53(5,6)48-28-37(52(3,4)35-11-16-39(55)17-12-35)27-44(50(48)57)32-21-40-29-7-8-30(19-29)41(40)22-32;1-12(2)16-11-14(7-10-17(16)20)18(3,4)13-5-8-15(19)9-6-13/h9-18,26-33,40-42,45-47,54-57H,7-8,19-25H2,1-6H3;5-12,19-20H,1-4H3. The Morgan fingerprint density at radius 2 is 0.792 bits per heavy atom. The van der Waals surface area contributed by atoms with Gasteiger partial charge in [0.2, 0.25) is 0 Å². The molecule has 0 spiro atoms. The largest absolute Gasteiger partial charge is 0.508 e. The van der Waals surface area contributed by atoms with Crippen LogP contribution in [0.25, 0.3) is 0 Å². The topological polar surface area (TPSA) is 121 Å². The molecule has 6 aromatic rings. The Morgan fingerprint density at radius 3 is 1.30 bits per heavy atom. The van der Waals surface area contributed by atoms with Crippen molar-refractivity contribution in [3.05, 3.63) is 177 Å². The Kier molecular flexibility index (Phi) is 13.4. The van der Waals surface area contributed by atoms with Crippen LogP contribution in [0.3, 0.4) is 0 Å². The molecule has 0 aliphatic heterocycles. The van der Waals surface area contributed by atoms with Crippen molar-refractivity contribution in [2.75, 3.05) is 0 Å². The van der Waals surface area contributed by atoms with Crippen LogP contribution in [0.15, 0.2) is 121 Å². The third kappa shape index (κ3) is 9.29. The second-order valence-corrected chi connectivity index (χ2v) is 27.7. The Labute approximate surface area is 459 Å². The van der Waals surface area contributed by atoms with E-state index in [2.05, 4.69) is 112 Å². The zero-order valence-corrected chi connectivity index (χ0v) is 47.5. The van der Waals surface area contributed by atoms with Crippen molar-refractivity contribution in [2.24, 2.45) is 53.3 Å². The molecule has 406 valence electrons. The van der Waals surface area contributed by atoms with Crippen LogP contribution in [0.1, 0.15) is 200 Å². The van der Waals surface area contributed by atoms with E-state index in [0.29, 0.717) is 64.4 Å². The smallest absolute Gasteiger partial charge is 0.122 e. The molecule has 6 N–H and O–H groups in total. The van der Waals surface area contributed by atoms with Gasteiger partial charge in [-0.3, -0.25) is 0 Å². The van der Waals surface area contributed by atoms with E-state index in [1.807, 2.05) is 48.5 Å². The quantitative estimate of drug-likeness (QED) is 0.0769. The van der Waals surface area contributed by atoms with Gasteiger partial charge in [-0.25, -0.2) is 0 Å². The van der Waals surface area contributed by atoms with E-state index in [-0.39, 0.29) is 39.1 Å². The molecule has 4 bridgehead atoms. The number of rotatable bonds is 11. The molecule has 0 aromatic heterocycles. The Hall–Kier alpha value is -5.88. The Morgan fingerprint density at radius 1 is 0.377 bits per heavy atom. The van der Waals surface area contributed by atoms with Crippen molar-refractivity contribution in [3.8, 4) is 34.5 Å². The number of hydrogen-bond donors (Lipinski definition) is 6. The fourth-order valence-corrected chi connectivity index (χ4v) is 17.3. The summed E-state index contributed by atoms with van der Waals surface area (Å²) in [5.74, 6) is 9.79. The van der Waals surface area contributed by atoms with E-state index >= 15 is 0 Å². The van der Waals surface area contributed by atoms with Crippen LogP contribution < -0.4 is 0 Å². The maximum atomic E-state index is 12.6. The molecule has 6 aliphatic rings. The van der Waals surface area contributed by atoms with Crippen LogP contribution in [-0.2, 0) is 21.7 Å². The number of fused-ring (bicyclic) bond motifs is 10. The zero-order valence-electron chi connectivity index (χ0n) is 47.5. The fourth-order valence-electron chi connectivity index (χ4n) is 17.3. The zero-order chi connectivity index (χ0) is 54.7. The van der Waals surface area contributed by atoms with Gasteiger partial charge in [0.05, 0.1) is 0 Å². The van der Waals surface area contributed by atoms with Crippen molar-refractivity contribution in [2.45, 2.75) is 166 Å². The van der Waals surface area contributed by atoms with E-state index in [0.717, 1.165) is 69.9 Å². The first kappa shape index (κ1) is 53.1. The highest BCUT2D eigenvalue weighted by Crippen LogP contribution is 2.68. The molecule has 6 aliphatic carbocycles. The molecular formula is C71H86O6. The summed E-state index contributed by atoms with van der Waals surface area (Å²) in [6.45, 7) is 22.4. The van der Waals surface area contributed by atoms with Gasteiger partial charge in [-0.2, -0.15) is 0 Å². The molecule has 6 heteroatoms. The van der Waals surface area contributed by atoms with Crippen molar-refractivity contribution >= 4 is 0 Å². The summed E-state index contributed by atoms with van der Waals surface area (Å²) in [5.41, 5.74) is 10.6. The van der Waals surface area contributed by atoms with E-state index in [1.54, 1.807) is 30.3 Å². The van der Waals surface area contributed by atoms with Gasteiger partial charge < -0.3 is 30.6 Å². The summed E-state index contributed by atoms with van der Waals surface area (Å²) in [4.78, 5) is 0. The van der Waals surface area contributed by atoms with Crippen molar-refractivity contribution in [1.82, 2.24) is 0 Å². The highest BCUT2D eigenvalue weighted by atomic mass is 16.3. The molecule has 0 amide bonds. The number of benzene rings is 6. The van der Waals surface area contributed by atoms with Crippen molar-refractivity contribution < 1.29 is 30.6 Å². The molecule has 10 unspecified atom stereocenters. The molecule has 6 saturated carbocycles. The van der Waals surface area contributed by atoms with E-state index < -0.39 is 0 Å². The summed E-state index contributed by atoms with van der Waals surface area (Å²) in [6, 6.07) is 39.4. The Bertz CT molecular complexity index is 3110. The molecule has 0 radical (unpaired) electrons. The summed E-state index contributed by atoms with van der Waals surface area (Å²) in [7, 11) is 0. The molecule has 0 heterocycles. The van der Waals surface area contributed by atoms with Gasteiger partial charge in [0.1, 0.15) is 34.5 Å². The summed E-state index contributed by atoms with van der Waals surface area (Å²) in [6.07, 6.45) is 11.5.